The molecule has 0 aromatic carbocycles. The van der Waals surface area contributed by atoms with E-state index in [4.69, 9.17) is 11.6 Å². The molecule has 0 radical (unpaired) electrons. The Kier molecular flexibility index (Phi) is 4.68. The van der Waals surface area contributed by atoms with Gasteiger partial charge >= 0.3 is 0 Å². The Morgan fingerprint density at radius 2 is 2.00 bits per heavy atom. The van der Waals surface area contributed by atoms with E-state index < -0.39 is 0 Å². The van der Waals surface area contributed by atoms with Gasteiger partial charge in [0.1, 0.15) is 0 Å². The fourth-order valence-electron chi connectivity index (χ4n) is 2.89. The predicted molar refractivity (Wildman–Crippen MR) is 75.8 cm³/mol. The van der Waals surface area contributed by atoms with Crippen LogP contribution in [-0.2, 0) is 13.6 Å². The number of aromatic nitrogens is 2. The summed E-state index contributed by atoms with van der Waals surface area (Å²) in [6.07, 6.45) is 6.66. The third-order valence-corrected chi connectivity index (χ3v) is 4.74. The van der Waals surface area contributed by atoms with Gasteiger partial charge < -0.3 is 5.32 Å². The predicted octanol–water partition coefficient (Wildman–Crippen LogP) is 3.44. The summed E-state index contributed by atoms with van der Waals surface area (Å²) in [4.78, 5) is 0. The van der Waals surface area contributed by atoms with Crippen molar-refractivity contribution in [1.82, 2.24) is 15.1 Å². The summed E-state index contributed by atoms with van der Waals surface area (Å²) >= 11 is 6.25. The Balaban J connectivity index is 1.85. The Hall–Kier alpha value is -0.540. The highest BCUT2D eigenvalue weighted by Crippen LogP contribution is 2.27. The van der Waals surface area contributed by atoms with Gasteiger partial charge in [0.05, 0.1) is 16.4 Å². The van der Waals surface area contributed by atoms with Crippen LogP contribution in [0.15, 0.2) is 0 Å². The van der Waals surface area contributed by atoms with Crippen molar-refractivity contribution >= 4 is 11.6 Å². The third-order valence-electron chi connectivity index (χ3n) is 4.24. The minimum Gasteiger partial charge on any atom is -0.308 e. The Labute approximate surface area is 115 Å². The summed E-state index contributed by atoms with van der Waals surface area (Å²) in [5, 5.41) is 8.79. The molecule has 1 aromatic heterocycles. The number of aryl methyl sites for hydroxylation is 2. The molecule has 1 aromatic rings. The molecular weight excluding hydrogens is 246 g/mol. The first kappa shape index (κ1) is 13.9. The Bertz CT molecular complexity index is 392. The smallest absolute Gasteiger partial charge is 0.0860 e. The van der Waals surface area contributed by atoms with Crippen LogP contribution < -0.4 is 5.32 Å². The maximum atomic E-state index is 6.25. The summed E-state index contributed by atoms with van der Waals surface area (Å²) in [5.41, 5.74) is 2.03. The van der Waals surface area contributed by atoms with Crippen LogP contribution in [0.4, 0.5) is 0 Å². The summed E-state index contributed by atoms with van der Waals surface area (Å²) in [6, 6.07) is 0.652. The zero-order valence-corrected chi connectivity index (χ0v) is 12.4. The molecule has 18 heavy (non-hydrogen) atoms. The highest BCUT2D eigenvalue weighted by Gasteiger charge is 2.20. The fourth-order valence-corrected chi connectivity index (χ4v) is 3.11. The van der Waals surface area contributed by atoms with Gasteiger partial charge in [-0.05, 0) is 38.5 Å². The van der Waals surface area contributed by atoms with E-state index >= 15 is 0 Å². The summed E-state index contributed by atoms with van der Waals surface area (Å²) < 4.78 is 1.89. The number of hydrogen-bond acceptors (Lipinski definition) is 2. The van der Waals surface area contributed by atoms with Crippen LogP contribution in [0.2, 0.25) is 5.02 Å². The molecule has 0 atom stereocenters. The van der Waals surface area contributed by atoms with Gasteiger partial charge in [0.15, 0.2) is 0 Å². The van der Waals surface area contributed by atoms with Gasteiger partial charge in [-0.15, -0.1) is 0 Å². The quantitative estimate of drug-likeness (QED) is 0.907. The van der Waals surface area contributed by atoms with Crippen LogP contribution in [0, 0.1) is 12.8 Å². The van der Waals surface area contributed by atoms with Gasteiger partial charge in [-0.25, -0.2) is 0 Å². The van der Waals surface area contributed by atoms with E-state index in [-0.39, 0.29) is 0 Å². The van der Waals surface area contributed by atoms with Crippen LogP contribution in [0.25, 0.3) is 0 Å². The Morgan fingerprint density at radius 1 is 1.33 bits per heavy atom. The summed E-state index contributed by atoms with van der Waals surface area (Å²) in [7, 11) is 1.96. The zero-order valence-electron chi connectivity index (χ0n) is 11.7. The van der Waals surface area contributed by atoms with Crippen molar-refractivity contribution in [3.05, 3.63) is 16.4 Å². The molecular formula is C14H24ClN3. The maximum absolute atomic E-state index is 6.25. The highest BCUT2D eigenvalue weighted by atomic mass is 35.5. The average Bonchev–Trinajstić information content (AvgIpc) is 2.62. The van der Waals surface area contributed by atoms with Crippen molar-refractivity contribution in [2.75, 3.05) is 0 Å². The molecule has 1 fully saturated rings. The Morgan fingerprint density at radius 3 is 2.50 bits per heavy atom. The standard InChI is InChI=1S/C14H24ClN3/c1-4-11-5-7-12(8-6-11)16-9-13-14(15)10(2)17-18(13)3/h11-12,16H,4-9H2,1-3H3. The van der Waals surface area contributed by atoms with Crippen molar-refractivity contribution in [2.24, 2.45) is 13.0 Å². The first-order valence-electron chi connectivity index (χ1n) is 7.03. The van der Waals surface area contributed by atoms with Crippen LogP contribution >= 0.6 is 11.6 Å². The number of rotatable bonds is 4. The molecule has 0 unspecified atom stereocenters. The van der Waals surface area contributed by atoms with E-state index in [2.05, 4.69) is 17.3 Å². The van der Waals surface area contributed by atoms with E-state index in [1.807, 2.05) is 18.7 Å². The van der Waals surface area contributed by atoms with Gasteiger partial charge in [-0.1, -0.05) is 24.9 Å². The van der Waals surface area contributed by atoms with Gasteiger partial charge in [0.25, 0.3) is 0 Å². The second kappa shape index (κ2) is 6.07. The lowest BCUT2D eigenvalue weighted by atomic mass is 9.84. The molecule has 102 valence electrons. The van der Waals surface area contributed by atoms with Crippen LogP contribution in [0.3, 0.4) is 0 Å². The normalized spacial score (nSPS) is 24.4. The number of nitrogens with zero attached hydrogens (tertiary/aromatic N) is 2. The van der Waals surface area contributed by atoms with Crippen LogP contribution in [-0.4, -0.2) is 15.8 Å². The summed E-state index contributed by atoms with van der Waals surface area (Å²) in [6.45, 7) is 5.09. The maximum Gasteiger partial charge on any atom is 0.0860 e. The molecule has 0 amide bonds. The van der Waals surface area contributed by atoms with Crippen molar-refractivity contribution < 1.29 is 0 Å². The van der Waals surface area contributed by atoms with E-state index in [9.17, 15) is 0 Å². The van der Waals surface area contributed by atoms with Gasteiger partial charge in [-0.2, -0.15) is 5.10 Å². The lowest BCUT2D eigenvalue weighted by Crippen LogP contribution is -2.33. The topological polar surface area (TPSA) is 29.9 Å². The largest absolute Gasteiger partial charge is 0.308 e. The molecule has 0 spiro atoms. The summed E-state index contributed by atoms with van der Waals surface area (Å²) in [5.74, 6) is 0.950. The minimum atomic E-state index is 0.652. The van der Waals surface area contributed by atoms with Crippen molar-refractivity contribution in [3.8, 4) is 0 Å². The third kappa shape index (κ3) is 3.07. The molecule has 1 aliphatic rings. The van der Waals surface area contributed by atoms with E-state index in [0.29, 0.717) is 6.04 Å². The first-order valence-corrected chi connectivity index (χ1v) is 7.41. The lowest BCUT2D eigenvalue weighted by molar-refractivity contribution is 0.284. The SMILES string of the molecule is CCC1CCC(NCc2c(Cl)c(C)nn2C)CC1. The molecule has 4 heteroatoms. The molecule has 2 rings (SSSR count). The molecule has 1 saturated carbocycles. The molecule has 0 aliphatic heterocycles. The second-order valence-electron chi connectivity index (χ2n) is 5.48. The first-order chi connectivity index (χ1) is 8.61. The van der Waals surface area contributed by atoms with E-state index in [1.54, 1.807) is 0 Å². The van der Waals surface area contributed by atoms with E-state index in [1.165, 1.54) is 32.1 Å². The van der Waals surface area contributed by atoms with Crippen molar-refractivity contribution in [3.63, 3.8) is 0 Å². The molecule has 0 bridgehead atoms. The number of halogens is 1. The molecule has 3 nitrogen and oxygen atoms in total. The average molecular weight is 270 g/mol. The van der Waals surface area contributed by atoms with Crippen LogP contribution in [0.5, 0.6) is 0 Å². The van der Waals surface area contributed by atoms with Gasteiger partial charge in [-0.3, -0.25) is 4.68 Å². The lowest BCUT2D eigenvalue weighted by Gasteiger charge is -2.28. The van der Waals surface area contributed by atoms with Crippen LogP contribution in [0.1, 0.15) is 50.4 Å². The monoisotopic (exact) mass is 269 g/mol. The van der Waals surface area contributed by atoms with Crippen molar-refractivity contribution in [2.45, 2.75) is 58.5 Å². The van der Waals surface area contributed by atoms with Crippen molar-refractivity contribution in [1.29, 1.82) is 0 Å². The zero-order chi connectivity index (χ0) is 13.1. The number of hydrogen-bond donors (Lipinski definition) is 1. The van der Waals surface area contributed by atoms with E-state index in [0.717, 1.165) is 28.9 Å². The minimum absolute atomic E-state index is 0.652. The van der Waals surface area contributed by atoms with Gasteiger partial charge in [0, 0.05) is 19.6 Å². The molecule has 1 N–H and O–H groups in total. The second-order valence-corrected chi connectivity index (χ2v) is 5.85. The molecule has 0 saturated heterocycles. The molecule has 1 aliphatic carbocycles. The fraction of sp³-hybridized carbons (Fsp3) is 0.786. The van der Waals surface area contributed by atoms with Gasteiger partial charge in [0.2, 0.25) is 0 Å². The molecule has 1 heterocycles. The highest BCUT2D eigenvalue weighted by molar-refractivity contribution is 6.31. The number of nitrogens with one attached hydrogen (secondary N) is 1.